The van der Waals surface area contributed by atoms with Crippen LogP contribution in [0.4, 0.5) is 0 Å². The molecule has 1 N–H and O–H groups in total. The summed E-state index contributed by atoms with van der Waals surface area (Å²) < 4.78 is 10.9. The summed E-state index contributed by atoms with van der Waals surface area (Å²) in [5.41, 5.74) is 4.96. The lowest BCUT2D eigenvalue weighted by molar-refractivity contribution is 0.174. The van der Waals surface area contributed by atoms with Crippen LogP contribution in [0.3, 0.4) is 0 Å². The average Bonchev–Trinajstić information content (AvgIpc) is 3.17. The van der Waals surface area contributed by atoms with Crippen molar-refractivity contribution in [2.75, 3.05) is 6.79 Å². The van der Waals surface area contributed by atoms with Crippen LogP contribution in [-0.4, -0.2) is 17.0 Å². The highest BCUT2D eigenvalue weighted by molar-refractivity contribution is 5.82. The van der Waals surface area contributed by atoms with Gasteiger partial charge in [-0.25, -0.2) is 0 Å². The number of fused-ring (bicyclic) bond motifs is 2. The van der Waals surface area contributed by atoms with E-state index in [0.29, 0.717) is 12.7 Å². The molecule has 112 valence electrons. The fraction of sp³-hybridized carbons (Fsp3) is 0.278. The van der Waals surface area contributed by atoms with Gasteiger partial charge in [-0.05, 0) is 54.2 Å². The molecule has 2 aromatic carbocycles. The normalized spacial score (nSPS) is 14.5. The van der Waals surface area contributed by atoms with Crippen LogP contribution >= 0.6 is 0 Å². The first kappa shape index (κ1) is 13.2. The number of aromatic nitrogens is 2. The summed E-state index contributed by atoms with van der Waals surface area (Å²) in [4.78, 5) is 0. The number of aromatic amines is 1. The predicted octanol–water partition coefficient (Wildman–Crippen LogP) is 3.95. The third-order valence-electron chi connectivity index (χ3n) is 4.49. The summed E-state index contributed by atoms with van der Waals surface area (Å²) in [6.07, 6.45) is 2.96. The van der Waals surface area contributed by atoms with Crippen LogP contribution in [0.2, 0.25) is 0 Å². The molecule has 2 heterocycles. The predicted molar refractivity (Wildman–Crippen MR) is 85.5 cm³/mol. The van der Waals surface area contributed by atoms with Gasteiger partial charge in [0.25, 0.3) is 0 Å². The van der Waals surface area contributed by atoms with Crippen molar-refractivity contribution in [3.05, 3.63) is 53.2 Å². The van der Waals surface area contributed by atoms with Crippen molar-refractivity contribution in [1.29, 1.82) is 0 Å². The number of ether oxygens (including phenoxy) is 2. The van der Waals surface area contributed by atoms with Gasteiger partial charge in [0.1, 0.15) is 0 Å². The quantitative estimate of drug-likeness (QED) is 0.795. The van der Waals surface area contributed by atoms with Gasteiger partial charge >= 0.3 is 0 Å². The third kappa shape index (κ3) is 2.11. The van der Waals surface area contributed by atoms with E-state index in [4.69, 9.17) is 9.47 Å². The van der Waals surface area contributed by atoms with E-state index in [0.717, 1.165) is 23.4 Å². The first-order chi connectivity index (χ1) is 10.7. The summed E-state index contributed by atoms with van der Waals surface area (Å²) in [6.45, 7) is 4.74. The van der Waals surface area contributed by atoms with Crippen molar-refractivity contribution >= 4 is 10.9 Å². The molecule has 1 aliphatic heterocycles. The molecule has 0 fully saturated rings. The maximum absolute atomic E-state index is 5.48. The van der Waals surface area contributed by atoms with E-state index in [1.807, 2.05) is 12.3 Å². The number of benzene rings is 2. The highest BCUT2D eigenvalue weighted by Crippen LogP contribution is 2.35. The molecule has 1 aromatic heterocycles. The summed E-state index contributed by atoms with van der Waals surface area (Å²) >= 11 is 0. The average molecular weight is 294 g/mol. The van der Waals surface area contributed by atoms with Crippen molar-refractivity contribution in [1.82, 2.24) is 10.2 Å². The van der Waals surface area contributed by atoms with Crippen LogP contribution in [-0.2, 0) is 6.42 Å². The van der Waals surface area contributed by atoms with Gasteiger partial charge in [-0.2, -0.15) is 5.10 Å². The molecule has 0 radical (unpaired) electrons. The highest BCUT2D eigenvalue weighted by Gasteiger charge is 2.17. The number of nitrogens with zero attached hydrogens (tertiary/aromatic N) is 1. The Balaban J connectivity index is 1.62. The van der Waals surface area contributed by atoms with Gasteiger partial charge in [0.15, 0.2) is 11.5 Å². The standard InChI is InChI=1S/C18H18N2O2/c1-11(13-4-6-17-18(8-13)22-10-21-17)7-14-3-5-16-15(12(14)2)9-19-20-16/h3-6,8-9,11H,7,10H2,1-2H3,(H,19,20). The van der Waals surface area contributed by atoms with Gasteiger partial charge < -0.3 is 9.47 Å². The molecule has 0 saturated heterocycles. The summed E-state index contributed by atoms with van der Waals surface area (Å²) in [6, 6.07) is 10.5. The number of hydrogen-bond donors (Lipinski definition) is 1. The van der Waals surface area contributed by atoms with Crippen molar-refractivity contribution in [2.24, 2.45) is 0 Å². The molecule has 22 heavy (non-hydrogen) atoms. The second-order valence-corrected chi connectivity index (χ2v) is 5.89. The Hall–Kier alpha value is -2.49. The lowest BCUT2D eigenvalue weighted by atomic mass is 9.90. The van der Waals surface area contributed by atoms with E-state index in [-0.39, 0.29) is 0 Å². The molecular formula is C18H18N2O2. The Morgan fingerprint density at radius 2 is 2.05 bits per heavy atom. The van der Waals surface area contributed by atoms with Gasteiger partial charge in [-0.15, -0.1) is 0 Å². The van der Waals surface area contributed by atoms with Gasteiger partial charge in [-0.1, -0.05) is 19.1 Å². The van der Waals surface area contributed by atoms with E-state index in [1.165, 1.54) is 22.1 Å². The molecule has 0 saturated carbocycles. The van der Waals surface area contributed by atoms with E-state index >= 15 is 0 Å². The Labute approximate surface area is 129 Å². The molecule has 1 atom stereocenters. The molecule has 1 aliphatic rings. The van der Waals surface area contributed by atoms with Crippen LogP contribution in [0.5, 0.6) is 11.5 Å². The monoisotopic (exact) mass is 294 g/mol. The van der Waals surface area contributed by atoms with Crippen LogP contribution in [0.15, 0.2) is 36.5 Å². The second kappa shape index (κ2) is 5.05. The minimum atomic E-state index is 0.323. The van der Waals surface area contributed by atoms with Gasteiger partial charge in [-0.3, -0.25) is 5.10 Å². The zero-order valence-electron chi connectivity index (χ0n) is 12.7. The van der Waals surface area contributed by atoms with Crippen LogP contribution in [0, 0.1) is 6.92 Å². The first-order valence-corrected chi connectivity index (χ1v) is 7.54. The molecule has 0 bridgehead atoms. The smallest absolute Gasteiger partial charge is 0.231 e. The molecular weight excluding hydrogens is 276 g/mol. The zero-order valence-corrected chi connectivity index (χ0v) is 12.7. The molecule has 4 heteroatoms. The van der Waals surface area contributed by atoms with Gasteiger partial charge in [0.2, 0.25) is 6.79 Å². The first-order valence-electron chi connectivity index (χ1n) is 7.54. The van der Waals surface area contributed by atoms with E-state index in [1.54, 1.807) is 0 Å². The Bertz CT molecular complexity index is 838. The van der Waals surface area contributed by atoms with Crippen molar-refractivity contribution in [2.45, 2.75) is 26.2 Å². The van der Waals surface area contributed by atoms with Crippen molar-refractivity contribution in [3.63, 3.8) is 0 Å². The Kier molecular flexibility index (Phi) is 3.03. The van der Waals surface area contributed by atoms with Gasteiger partial charge in [0.05, 0.1) is 5.52 Å². The summed E-state index contributed by atoms with van der Waals surface area (Å²) in [5, 5.41) is 8.38. The van der Waals surface area contributed by atoms with Crippen molar-refractivity contribution in [3.8, 4) is 11.5 Å². The lowest BCUT2D eigenvalue weighted by Gasteiger charge is -2.14. The maximum Gasteiger partial charge on any atom is 0.231 e. The number of hydrogen-bond acceptors (Lipinski definition) is 3. The third-order valence-corrected chi connectivity index (χ3v) is 4.49. The lowest BCUT2D eigenvalue weighted by Crippen LogP contribution is -2.00. The summed E-state index contributed by atoms with van der Waals surface area (Å²) in [7, 11) is 0. The highest BCUT2D eigenvalue weighted by atomic mass is 16.7. The molecule has 0 amide bonds. The Morgan fingerprint density at radius 1 is 1.18 bits per heavy atom. The molecule has 1 unspecified atom stereocenters. The molecule has 0 spiro atoms. The van der Waals surface area contributed by atoms with Gasteiger partial charge in [0, 0.05) is 11.6 Å². The van der Waals surface area contributed by atoms with E-state index < -0.39 is 0 Å². The van der Waals surface area contributed by atoms with E-state index in [2.05, 4.69) is 48.3 Å². The fourth-order valence-electron chi connectivity index (χ4n) is 3.09. The minimum Gasteiger partial charge on any atom is -0.454 e. The summed E-state index contributed by atoms with van der Waals surface area (Å²) in [5.74, 6) is 2.11. The van der Waals surface area contributed by atoms with Crippen LogP contribution in [0.25, 0.3) is 10.9 Å². The zero-order chi connectivity index (χ0) is 15.1. The van der Waals surface area contributed by atoms with E-state index in [9.17, 15) is 0 Å². The number of nitrogens with one attached hydrogen (secondary N) is 1. The largest absolute Gasteiger partial charge is 0.454 e. The SMILES string of the molecule is Cc1c(CC(C)c2ccc3c(c2)OCO3)ccc2n[nH]cc12. The van der Waals surface area contributed by atoms with Crippen molar-refractivity contribution < 1.29 is 9.47 Å². The minimum absolute atomic E-state index is 0.323. The number of H-pyrrole nitrogens is 1. The fourth-order valence-corrected chi connectivity index (χ4v) is 3.09. The molecule has 3 aromatic rings. The van der Waals surface area contributed by atoms with Crippen LogP contribution < -0.4 is 9.47 Å². The number of rotatable bonds is 3. The topological polar surface area (TPSA) is 47.1 Å². The van der Waals surface area contributed by atoms with Crippen LogP contribution in [0.1, 0.15) is 29.5 Å². The molecule has 0 aliphatic carbocycles. The second-order valence-electron chi connectivity index (χ2n) is 5.89. The maximum atomic E-state index is 5.48. The molecule has 4 rings (SSSR count). The molecule has 4 nitrogen and oxygen atoms in total. The number of aryl methyl sites for hydroxylation is 1. The Morgan fingerprint density at radius 3 is 2.95 bits per heavy atom.